The van der Waals surface area contributed by atoms with Crippen LogP contribution in [0.4, 0.5) is 10.1 Å². The maximum absolute atomic E-state index is 14.1. The van der Waals surface area contributed by atoms with Gasteiger partial charge in [0.05, 0.1) is 16.4 Å². The van der Waals surface area contributed by atoms with Crippen LogP contribution in [0.5, 0.6) is 0 Å². The van der Waals surface area contributed by atoms with Gasteiger partial charge in [-0.3, -0.25) is 14.9 Å². The van der Waals surface area contributed by atoms with Gasteiger partial charge in [0.15, 0.2) is 0 Å². The fourth-order valence-electron chi connectivity index (χ4n) is 2.74. The number of nitro groups is 1. The molecule has 0 atom stereocenters. The quantitative estimate of drug-likeness (QED) is 0.396. The highest BCUT2D eigenvalue weighted by Crippen LogP contribution is 2.34. The zero-order chi connectivity index (χ0) is 18.8. The van der Waals surface area contributed by atoms with Gasteiger partial charge in [-0.2, -0.15) is 0 Å². The van der Waals surface area contributed by atoms with E-state index in [1.807, 2.05) is 0 Å². The molecule has 0 spiro atoms. The maximum Gasteiger partial charge on any atom is 0.283 e. The van der Waals surface area contributed by atoms with Gasteiger partial charge in [-0.25, -0.2) is 4.39 Å². The minimum atomic E-state index is -0.502. The van der Waals surface area contributed by atoms with Crippen LogP contribution < -0.4 is 0 Å². The van der Waals surface area contributed by atoms with E-state index >= 15 is 0 Å². The van der Waals surface area contributed by atoms with Crippen molar-refractivity contribution in [3.63, 3.8) is 0 Å². The van der Waals surface area contributed by atoms with E-state index in [1.54, 1.807) is 29.4 Å². The summed E-state index contributed by atoms with van der Waals surface area (Å²) in [5.41, 5.74) is 0.363. The van der Waals surface area contributed by atoms with Gasteiger partial charge in [-0.15, -0.1) is 11.8 Å². The van der Waals surface area contributed by atoms with Crippen LogP contribution in [0, 0.1) is 15.9 Å². The largest absolute Gasteiger partial charge is 0.331 e. The molecule has 26 heavy (non-hydrogen) atoms. The Balaban J connectivity index is 1.93. The molecule has 1 aliphatic carbocycles. The van der Waals surface area contributed by atoms with Crippen LogP contribution in [0.1, 0.15) is 28.8 Å². The summed E-state index contributed by atoms with van der Waals surface area (Å²) in [4.78, 5) is 25.7. The maximum atomic E-state index is 14.1. The van der Waals surface area contributed by atoms with Crippen LogP contribution in [0.2, 0.25) is 5.02 Å². The lowest BCUT2D eigenvalue weighted by Gasteiger charge is -2.23. The van der Waals surface area contributed by atoms with Gasteiger partial charge in [0, 0.05) is 28.3 Å². The molecule has 0 aromatic heterocycles. The zero-order valence-electron chi connectivity index (χ0n) is 13.9. The first kappa shape index (κ1) is 18.7. The number of carbonyl (C=O) groups excluding carboxylic acids is 1. The second-order valence-electron chi connectivity index (χ2n) is 6.01. The van der Waals surface area contributed by atoms with Gasteiger partial charge in [-0.05, 0) is 43.4 Å². The molecule has 3 rings (SSSR count). The molecular formula is C18H16ClFN2O3S. The predicted molar refractivity (Wildman–Crippen MR) is 99.2 cm³/mol. The van der Waals surface area contributed by atoms with Crippen molar-refractivity contribution >= 4 is 35.0 Å². The summed E-state index contributed by atoms with van der Waals surface area (Å²) in [7, 11) is 0. The summed E-state index contributed by atoms with van der Waals surface area (Å²) < 4.78 is 14.1. The van der Waals surface area contributed by atoms with Gasteiger partial charge in [-0.1, -0.05) is 17.7 Å². The Hall–Kier alpha value is -2.12. The molecule has 0 aliphatic heterocycles. The Morgan fingerprint density at radius 3 is 2.69 bits per heavy atom. The predicted octanol–water partition coefficient (Wildman–Crippen LogP) is 4.91. The number of halogens is 2. The highest BCUT2D eigenvalue weighted by atomic mass is 35.5. The number of benzene rings is 2. The lowest BCUT2D eigenvalue weighted by Crippen LogP contribution is -2.33. The van der Waals surface area contributed by atoms with E-state index in [-0.39, 0.29) is 40.3 Å². The van der Waals surface area contributed by atoms with Crippen LogP contribution >= 0.6 is 23.4 Å². The van der Waals surface area contributed by atoms with E-state index in [0.717, 1.165) is 12.8 Å². The topological polar surface area (TPSA) is 63.5 Å². The average Bonchev–Trinajstić information content (AvgIpc) is 3.45. The van der Waals surface area contributed by atoms with Crippen LogP contribution in [0.25, 0.3) is 0 Å². The third kappa shape index (κ3) is 3.83. The molecule has 0 heterocycles. The number of amides is 1. The molecule has 0 radical (unpaired) electrons. The van der Waals surface area contributed by atoms with Crippen molar-refractivity contribution in [2.75, 3.05) is 6.26 Å². The summed E-state index contributed by atoms with van der Waals surface area (Å²) in [5.74, 6) is -0.831. The summed E-state index contributed by atoms with van der Waals surface area (Å²) in [6.07, 6.45) is 3.38. The van der Waals surface area contributed by atoms with Crippen LogP contribution in [-0.2, 0) is 6.54 Å². The number of thioether (sulfide) groups is 1. The van der Waals surface area contributed by atoms with Crippen molar-refractivity contribution in [3.05, 3.63) is 68.5 Å². The van der Waals surface area contributed by atoms with Crippen molar-refractivity contribution < 1.29 is 14.1 Å². The van der Waals surface area contributed by atoms with Crippen molar-refractivity contribution in [1.29, 1.82) is 0 Å². The van der Waals surface area contributed by atoms with E-state index in [2.05, 4.69) is 0 Å². The monoisotopic (exact) mass is 394 g/mol. The number of rotatable bonds is 6. The normalized spacial score (nSPS) is 13.5. The van der Waals surface area contributed by atoms with Crippen molar-refractivity contribution in [2.24, 2.45) is 0 Å². The second-order valence-corrected chi connectivity index (χ2v) is 7.26. The first-order chi connectivity index (χ1) is 12.4. The minimum absolute atomic E-state index is 0.00236. The van der Waals surface area contributed by atoms with Crippen molar-refractivity contribution in [2.45, 2.75) is 30.3 Å². The average molecular weight is 395 g/mol. The molecule has 0 N–H and O–H groups in total. The number of carbonyl (C=O) groups is 1. The summed E-state index contributed by atoms with van der Waals surface area (Å²) in [6, 6.07) is 8.80. The molecule has 0 bridgehead atoms. The first-order valence-corrected chi connectivity index (χ1v) is 9.59. The Morgan fingerprint density at radius 2 is 2.12 bits per heavy atom. The molecule has 0 saturated heterocycles. The Morgan fingerprint density at radius 1 is 1.38 bits per heavy atom. The fourth-order valence-corrected chi connectivity index (χ4v) is 3.51. The minimum Gasteiger partial charge on any atom is -0.331 e. The van der Waals surface area contributed by atoms with Crippen LogP contribution in [-0.4, -0.2) is 28.0 Å². The van der Waals surface area contributed by atoms with E-state index in [4.69, 9.17) is 11.6 Å². The zero-order valence-corrected chi connectivity index (χ0v) is 15.5. The molecule has 2 aromatic carbocycles. The van der Waals surface area contributed by atoms with Gasteiger partial charge >= 0.3 is 0 Å². The van der Waals surface area contributed by atoms with E-state index < -0.39 is 10.7 Å². The van der Waals surface area contributed by atoms with E-state index in [9.17, 15) is 19.3 Å². The van der Waals surface area contributed by atoms with Crippen molar-refractivity contribution in [1.82, 2.24) is 4.90 Å². The molecule has 5 nitrogen and oxygen atoms in total. The molecule has 8 heteroatoms. The second kappa shape index (κ2) is 7.63. The molecular weight excluding hydrogens is 379 g/mol. The summed E-state index contributed by atoms with van der Waals surface area (Å²) >= 11 is 7.33. The third-order valence-electron chi connectivity index (χ3n) is 4.26. The van der Waals surface area contributed by atoms with E-state index in [0.29, 0.717) is 4.90 Å². The summed E-state index contributed by atoms with van der Waals surface area (Å²) in [6.45, 7) is 0.0348. The smallest absolute Gasteiger partial charge is 0.283 e. The number of nitro benzene ring substituents is 1. The van der Waals surface area contributed by atoms with Crippen LogP contribution in [0.3, 0.4) is 0 Å². The molecule has 136 valence electrons. The third-order valence-corrected chi connectivity index (χ3v) is 5.40. The lowest BCUT2D eigenvalue weighted by molar-refractivity contribution is -0.387. The lowest BCUT2D eigenvalue weighted by atomic mass is 10.1. The highest BCUT2D eigenvalue weighted by molar-refractivity contribution is 7.98. The fraction of sp³-hybridized carbons (Fsp3) is 0.278. The molecule has 1 amide bonds. The molecule has 1 saturated carbocycles. The standard InChI is InChI=1S/C18H16ClFN2O3S/c1-26-17-8-5-11(9-16(17)22(24)25)18(23)21(12-6-7-12)10-13-14(19)3-2-4-15(13)20/h2-5,8-9,12H,6-7,10H2,1H3. The molecule has 2 aromatic rings. The summed E-state index contributed by atoms with van der Waals surface area (Å²) in [5, 5.41) is 11.5. The van der Waals surface area contributed by atoms with Crippen LogP contribution in [0.15, 0.2) is 41.3 Å². The Kier molecular flexibility index (Phi) is 5.48. The molecule has 0 unspecified atom stereocenters. The number of nitrogens with zero attached hydrogens (tertiary/aromatic N) is 2. The number of hydrogen-bond donors (Lipinski definition) is 0. The van der Waals surface area contributed by atoms with Gasteiger partial charge in [0.25, 0.3) is 11.6 Å². The molecule has 1 fully saturated rings. The number of hydrogen-bond acceptors (Lipinski definition) is 4. The Bertz CT molecular complexity index is 853. The molecule has 1 aliphatic rings. The van der Waals surface area contributed by atoms with Gasteiger partial charge in [0.1, 0.15) is 5.82 Å². The van der Waals surface area contributed by atoms with Gasteiger partial charge in [0.2, 0.25) is 0 Å². The van der Waals surface area contributed by atoms with Crippen molar-refractivity contribution in [3.8, 4) is 0 Å². The SMILES string of the molecule is CSc1ccc(C(=O)N(Cc2c(F)cccc2Cl)C2CC2)cc1[N+](=O)[O-]. The van der Waals surface area contributed by atoms with Gasteiger partial charge < -0.3 is 4.90 Å². The first-order valence-electron chi connectivity index (χ1n) is 7.98. The highest BCUT2D eigenvalue weighted by Gasteiger charge is 2.34. The Labute approximate surface area is 159 Å². The van der Waals surface area contributed by atoms with E-state index in [1.165, 1.54) is 30.0 Å².